The molecule has 5 aromatic rings. The van der Waals surface area contributed by atoms with E-state index in [-0.39, 0.29) is 17.3 Å². The first kappa shape index (κ1) is 22.9. The van der Waals surface area contributed by atoms with Gasteiger partial charge in [0.25, 0.3) is 5.69 Å². The number of carbonyl (C=O) groups excluding carboxylic acids is 1. The second kappa shape index (κ2) is 8.39. The van der Waals surface area contributed by atoms with Crippen molar-refractivity contribution in [3.8, 4) is 28.0 Å². The lowest BCUT2D eigenvalue weighted by molar-refractivity contribution is -0.384. The van der Waals surface area contributed by atoms with E-state index < -0.39 is 10.3 Å². The second-order valence-electron chi connectivity index (χ2n) is 9.95. The van der Waals surface area contributed by atoms with Crippen molar-refractivity contribution in [3.05, 3.63) is 147 Å². The van der Waals surface area contributed by atoms with E-state index in [0.717, 1.165) is 27.8 Å². The van der Waals surface area contributed by atoms with Gasteiger partial charge in [-0.05, 0) is 51.1 Å². The molecule has 39 heavy (non-hydrogen) atoms. The van der Waals surface area contributed by atoms with Crippen molar-refractivity contribution >= 4 is 17.3 Å². The molecule has 2 N–H and O–H groups in total. The molecule has 6 nitrogen and oxygen atoms in total. The van der Waals surface area contributed by atoms with Crippen molar-refractivity contribution in [1.29, 1.82) is 0 Å². The van der Waals surface area contributed by atoms with Crippen molar-refractivity contribution < 1.29 is 14.8 Å². The van der Waals surface area contributed by atoms with E-state index in [1.165, 1.54) is 12.1 Å². The number of nitrogens with one attached hydrogen (secondary N) is 1. The first-order valence-electron chi connectivity index (χ1n) is 12.7. The maximum absolute atomic E-state index is 14.1. The van der Waals surface area contributed by atoms with Crippen LogP contribution in [-0.4, -0.2) is 15.9 Å². The highest BCUT2D eigenvalue weighted by Gasteiger charge is 2.57. The Kier molecular flexibility index (Phi) is 4.94. The molecule has 0 bridgehead atoms. The van der Waals surface area contributed by atoms with E-state index in [2.05, 4.69) is 5.32 Å². The molecule has 1 atom stereocenters. The Morgan fingerprint density at radius 3 is 2.23 bits per heavy atom. The molecule has 1 amide bonds. The number of hydrogen-bond acceptors (Lipinski definition) is 4. The predicted octanol–water partition coefficient (Wildman–Crippen LogP) is 6.83. The minimum absolute atomic E-state index is 0.0271. The number of hydrogen-bond donors (Lipinski definition) is 2. The summed E-state index contributed by atoms with van der Waals surface area (Å²) in [5.41, 5.74) is 5.71. The van der Waals surface area contributed by atoms with E-state index in [1.54, 1.807) is 6.07 Å². The summed E-state index contributed by atoms with van der Waals surface area (Å²) in [7, 11) is 0. The minimum Gasteiger partial charge on any atom is -0.507 e. The van der Waals surface area contributed by atoms with Gasteiger partial charge in [0.15, 0.2) is 0 Å². The molecule has 1 aliphatic heterocycles. The molecule has 6 heteroatoms. The lowest BCUT2D eigenvalue weighted by Crippen LogP contribution is -2.35. The van der Waals surface area contributed by atoms with E-state index in [0.29, 0.717) is 34.4 Å². The Bertz CT molecular complexity index is 1820. The van der Waals surface area contributed by atoms with Crippen LogP contribution < -0.4 is 5.32 Å². The van der Waals surface area contributed by atoms with Crippen LogP contribution in [0, 0.1) is 10.1 Å². The molecule has 0 saturated carbocycles. The van der Waals surface area contributed by atoms with E-state index >= 15 is 0 Å². The first-order valence-corrected chi connectivity index (χ1v) is 12.7. The van der Waals surface area contributed by atoms with Gasteiger partial charge in [-0.15, -0.1) is 0 Å². The molecular formula is C33H22N2O4. The zero-order valence-corrected chi connectivity index (χ0v) is 20.7. The first-order chi connectivity index (χ1) is 19.0. The Morgan fingerprint density at radius 1 is 0.795 bits per heavy atom. The largest absolute Gasteiger partial charge is 0.507 e. The number of non-ortho nitro benzene ring substituents is 1. The molecule has 1 heterocycles. The van der Waals surface area contributed by atoms with Gasteiger partial charge in [0.05, 0.1) is 4.92 Å². The summed E-state index contributed by atoms with van der Waals surface area (Å²) in [6, 6.07) is 33.8. The fourth-order valence-corrected chi connectivity index (χ4v) is 6.25. The number of carbonyl (C=O) groups is 1. The molecule has 0 fully saturated rings. The quantitative estimate of drug-likeness (QED) is 0.205. The Balaban J connectivity index is 1.62. The summed E-state index contributed by atoms with van der Waals surface area (Å²) in [6.07, 6.45) is 0.454. The number of anilines is 1. The smallest absolute Gasteiger partial charge is 0.269 e. The van der Waals surface area contributed by atoms with Crippen LogP contribution in [0.4, 0.5) is 11.4 Å². The van der Waals surface area contributed by atoms with Crippen LogP contribution in [0.15, 0.2) is 109 Å². The van der Waals surface area contributed by atoms with Crippen LogP contribution in [0.5, 0.6) is 5.75 Å². The molecule has 1 unspecified atom stereocenters. The molecule has 0 radical (unpaired) electrons. The topological polar surface area (TPSA) is 92.5 Å². The summed E-state index contributed by atoms with van der Waals surface area (Å²) in [4.78, 5) is 25.5. The van der Waals surface area contributed by atoms with Crippen molar-refractivity contribution in [2.75, 3.05) is 5.32 Å². The van der Waals surface area contributed by atoms with Crippen LogP contribution >= 0.6 is 0 Å². The average Bonchev–Trinajstić information content (AvgIpc) is 3.44. The molecule has 5 aromatic carbocycles. The minimum atomic E-state index is -1.44. The number of fused-ring (bicyclic) bond motifs is 7. The number of amides is 1. The molecule has 7 rings (SSSR count). The van der Waals surface area contributed by atoms with Gasteiger partial charge in [-0.25, -0.2) is 0 Å². The fourth-order valence-electron chi connectivity index (χ4n) is 6.25. The maximum atomic E-state index is 14.1. The van der Waals surface area contributed by atoms with Crippen LogP contribution in [0.2, 0.25) is 0 Å². The van der Waals surface area contributed by atoms with Gasteiger partial charge in [0.2, 0.25) is 5.91 Å². The van der Waals surface area contributed by atoms with Gasteiger partial charge in [0, 0.05) is 35.4 Å². The zero-order valence-electron chi connectivity index (χ0n) is 20.7. The monoisotopic (exact) mass is 510 g/mol. The Labute approximate surface area is 224 Å². The number of phenols is 1. The fraction of sp³-hybridized carbons (Fsp3) is 0.0606. The summed E-state index contributed by atoms with van der Waals surface area (Å²) in [5, 5.41) is 26.8. The molecule has 0 aromatic heterocycles. The zero-order chi connectivity index (χ0) is 26.7. The number of benzene rings is 5. The molecule has 2 aliphatic rings. The van der Waals surface area contributed by atoms with E-state index in [4.69, 9.17) is 0 Å². The van der Waals surface area contributed by atoms with Crippen molar-refractivity contribution in [1.82, 2.24) is 0 Å². The van der Waals surface area contributed by atoms with E-state index in [9.17, 15) is 20.0 Å². The number of rotatable bonds is 4. The summed E-state index contributed by atoms with van der Waals surface area (Å²) < 4.78 is 0. The van der Waals surface area contributed by atoms with Crippen molar-refractivity contribution in [3.63, 3.8) is 0 Å². The van der Waals surface area contributed by atoms with Crippen molar-refractivity contribution in [2.24, 2.45) is 0 Å². The number of nitro benzene ring substituents is 1. The van der Waals surface area contributed by atoms with Crippen LogP contribution in [-0.2, 0) is 16.6 Å². The highest BCUT2D eigenvalue weighted by Crippen LogP contribution is 2.62. The van der Waals surface area contributed by atoms with Gasteiger partial charge in [-0.2, -0.15) is 0 Å². The van der Waals surface area contributed by atoms with Gasteiger partial charge >= 0.3 is 0 Å². The Hall–Kier alpha value is -5.23. The number of aromatic hydroxyl groups is 1. The van der Waals surface area contributed by atoms with Gasteiger partial charge < -0.3 is 10.4 Å². The third kappa shape index (κ3) is 3.18. The Morgan fingerprint density at radius 2 is 1.49 bits per heavy atom. The normalized spacial score (nSPS) is 16.5. The number of nitrogens with zero attached hydrogens (tertiary/aromatic N) is 1. The summed E-state index contributed by atoms with van der Waals surface area (Å²) in [5.74, 6) is -0.311. The molecule has 1 spiro atoms. The maximum Gasteiger partial charge on any atom is 0.269 e. The SMILES string of the molecule is O=C1Nc2ccc([N+](=O)[O-])cc2C12c1ccccc1-c1c(-c3ccccc3)cc(Cc3ccccc3)c(O)c12. The van der Waals surface area contributed by atoms with Gasteiger partial charge in [-0.1, -0.05) is 84.9 Å². The number of phenolic OH excluding ortho intramolecular Hbond substituents is 1. The van der Waals surface area contributed by atoms with Crippen LogP contribution in [0.25, 0.3) is 22.3 Å². The third-order valence-corrected chi connectivity index (χ3v) is 7.88. The standard InChI is InChI=1S/C33H22N2O4/c36-31-22(17-20-9-3-1-4-10-20)18-25(21-11-5-2-6-12-21)29-24-13-7-8-14-26(24)33(30(29)31)27-19-23(35(38)39)15-16-28(27)34-32(33)37/h1-16,18-19,36H,17H2,(H,34,37). The average molecular weight is 511 g/mol. The van der Waals surface area contributed by atoms with Crippen LogP contribution in [0.3, 0.4) is 0 Å². The lowest BCUT2D eigenvalue weighted by atomic mass is 9.72. The highest BCUT2D eigenvalue weighted by molar-refractivity contribution is 6.17. The van der Waals surface area contributed by atoms with Crippen LogP contribution in [0.1, 0.15) is 27.8 Å². The second-order valence-corrected chi connectivity index (χ2v) is 9.95. The van der Waals surface area contributed by atoms with Gasteiger partial charge in [-0.3, -0.25) is 14.9 Å². The molecule has 0 saturated heterocycles. The molecular weight excluding hydrogens is 488 g/mol. The highest BCUT2D eigenvalue weighted by atomic mass is 16.6. The lowest BCUT2D eigenvalue weighted by Gasteiger charge is -2.27. The van der Waals surface area contributed by atoms with Gasteiger partial charge in [0.1, 0.15) is 11.2 Å². The van der Waals surface area contributed by atoms with E-state index in [1.807, 2.05) is 91.0 Å². The summed E-state index contributed by atoms with van der Waals surface area (Å²) >= 11 is 0. The third-order valence-electron chi connectivity index (χ3n) is 7.88. The number of nitro groups is 1. The van der Waals surface area contributed by atoms with Crippen molar-refractivity contribution in [2.45, 2.75) is 11.8 Å². The predicted molar refractivity (Wildman–Crippen MR) is 150 cm³/mol. The molecule has 1 aliphatic carbocycles. The summed E-state index contributed by atoms with van der Waals surface area (Å²) in [6.45, 7) is 0. The molecule has 188 valence electrons.